The number of likely N-dealkylation sites (tertiary alicyclic amines) is 2. The van der Waals surface area contributed by atoms with Crippen LogP contribution in [0.25, 0.3) is 0 Å². The van der Waals surface area contributed by atoms with Gasteiger partial charge < -0.3 is 20.1 Å². The molecule has 6 nitrogen and oxygen atoms in total. The molecule has 8 heteroatoms. The van der Waals surface area contributed by atoms with E-state index in [2.05, 4.69) is 34.3 Å². The molecular weight excluding hydrogens is 567 g/mol. The average molecular weight is 622 g/mol. The van der Waals surface area contributed by atoms with Gasteiger partial charge in [0.25, 0.3) is 0 Å². The summed E-state index contributed by atoms with van der Waals surface area (Å²) in [6.45, 7) is 7.10. The van der Waals surface area contributed by atoms with Crippen molar-refractivity contribution in [3.8, 4) is 0 Å². The van der Waals surface area contributed by atoms with Crippen molar-refractivity contribution in [1.82, 2.24) is 20.4 Å². The molecule has 0 bridgehead atoms. The van der Waals surface area contributed by atoms with E-state index in [-0.39, 0.29) is 47.3 Å². The monoisotopic (exact) mass is 620 g/mol. The van der Waals surface area contributed by atoms with Crippen molar-refractivity contribution in [2.75, 3.05) is 13.1 Å². The third-order valence-electron chi connectivity index (χ3n) is 14.4. The van der Waals surface area contributed by atoms with Crippen LogP contribution in [0.4, 0.5) is 0 Å². The summed E-state index contributed by atoms with van der Waals surface area (Å²) < 4.78 is 14.6. The highest BCUT2D eigenvalue weighted by Crippen LogP contribution is 2.54. The maximum Gasteiger partial charge on any atom is 0.0927 e. The molecule has 42 heavy (non-hydrogen) atoms. The van der Waals surface area contributed by atoms with Crippen molar-refractivity contribution < 1.29 is 9.47 Å². The number of hydrogen-bond acceptors (Lipinski definition) is 6. The SMILES string of the molecule is CCN1C2CCCCC2C2C3OC4C(Cl)C5NC6CCC7C(C8CCCCC8N7CC)C6OC5C(Cl)C4NC3CCC21. The van der Waals surface area contributed by atoms with Crippen LogP contribution in [-0.4, -0.2) is 106 Å². The molecule has 4 aliphatic heterocycles. The van der Waals surface area contributed by atoms with E-state index in [0.717, 1.165) is 23.9 Å². The highest BCUT2D eigenvalue weighted by molar-refractivity contribution is 6.24. The number of alkyl halides is 2. The lowest BCUT2D eigenvalue weighted by molar-refractivity contribution is -0.194. The first-order valence-corrected chi connectivity index (χ1v) is 19.1. The molecule has 236 valence electrons. The fourth-order valence-corrected chi connectivity index (χ4v) is 14.0. The Kier molecular flexibility index (Phi) is 7.45. The van der Waals surface area contributed by atoms with Crippen molar-refractivity contribution in [1.29, 1.82) is 0 Å². The second-order valence-corrected chi connectivity index (χ2v) is 16.8. The molecule has 4 heterocycles. The number of nitrogens with one attached hydrogen (secondary N) is 2. The van der Waals surface area contributed by atoms with Gasteiger partial charge in [0.1, 0.15) is 0 Å². The number of fused-ring (bicyclic) bond motifs is 12. The van der Waals surface area contributed by atoms with Gasteiger partial charge in [-0.05, 0) is 76.3 Å². The topological polar surface area (TPSA) is 49.0 Å². The van der Waals surface area contributed by atoms with Crippen LogP contribution in [0.3, 0.4) is 0 Å². The van der Waals surface area contributed by atoms with Crippen LogP contribution in [0.2, 0.25) is 0 Å². The molecule has 0 aromatic carbocycles. The van der Waals surface area contributed by atoms with E-state index in [1.54, 1.807) is 0 Å². The van der Waals surface area contributed by atoms with Crippen LogP contribution in [0.5, 0.6) is 0 Å². The van der Waals surface area contributed by atoms with Gasteiger partial charge in [-0.3, -0.25) is 9.80 Å². The van der Waals surface area contributed by atoms with E-state index in [0.29, 0.717) is 36.0 Å². The molecule has 0 spiro atoms. The molecule has 9 rings (SSSR count). The molecule has 5 aliphatic carbocycles. The Labute approximate surface area is 263 Å². The van der Waals surface area contributed by atoms with Gasteiger partial charge in [0, 0.05) is 48.1 Å². The first-order valence-electron chi connectivity index (χ1n) is 18.2. The summed E-state index contributed by atoms with van der Waals surface area (Å²) >= 11 is 15.0. The third kappa shape index (κ3) is 4.04. The van der Waals surface area contributed by atoms with Gasteiger partial charge in [-0.2, -0.15) is 0 Å². The molecule has 0 aromatic heterocycles. The number of ether oxygens (including phenoxy) is 2. The van der Waals surface area contributed by atoms with Crippen molar-refractivity contribution >= 4 is 23.2 Å². The average Bonchev–Trinajstić information content (AvgIpc) is 3.54. The van der Waals surface area contributed by atoms with Crippen molar-refractivity contribution in [3.05, 3.63) is 0 Å². The van der Waals surface area contributed by atoms with E-state index in [9.17, 15) is 0 Å². The Morgan fingerprint density at radius 2 is 0.976 bits per heavy atom. The largest absolute Gasteiger partial charge is 0.370 e. The van der Waals surface area contributed by atoms with Gasteiger partial charge in [-0.25, -0.2) is 0 Å². The molecule has 4 saturated heterocycles. The normalized spacial score (nSPS) is 58.9. The van der Waals surface area contributed by atoms with Crippen LogP contribution < -0.4 is 10.6 Å². The molecule has 18 unspecified atom stereocenters. The maximum atomic E-state index is 7.51. The Balaban J connectivity index is 0.970. The van der Waals surface area contributed by atoms with Gasteiger partial charge in [0.15, 0.2) is 0 Å². The van der Waals surface area contributed by atoms with Crippen LogP contribution in [-0.2, 0) is 9.47 Å². The molecule has 2 N–H and O–H groups in total. The van der Waals surface area contributed by atoms with E-state index in [4.69, 9.17) is 32.7 Å². The minimum Gasteiger partial charge on any atom is -0.370 e. The Morgan fingerprint density at radius 3 is 1.40 bits per heavy atom. The summed E-state index contributed by atoms with van der Waals surface area (Å²) in [6.07, 6.45) is 16.3. The summed E-state index contributed by atoms with van der Waals surface area (Å²) in [5.41, 5.74) is 0. The van der Waals surface area contributed by atoms with Crippen LogP contribution in [0.1, 0.15) is 90.9 Å². The van der Waals surface area contributed by atoms with Crippen LogP contribution >= 0.6 is 23.2 Å². The zero-order chi connectivity index (χ0) is 28.3. The first kappa shape index (κ1) is 28.6. The predicted molar refractivity (Wildman–Crippen MR) is 167 cm³/mol. The van der Waals surface area contributed by atoms with Gasteiger partial charge in [-0.1, -0.05) is 39.5 Å². The first-order chi connectivity index (χ1) is 20.6. The molecule has 5 saturated carbocycles. The van der Waals surface area contributed by atoms with E-state index < -0.39 is 0 Å². The van der Waals surface area contributed by atoms with Crippen molar-refractivity contribution in [2.24, 2.45) is 23.7 Å². The number of nitrogens with zero attached hydrogens (tertiary/aromatic N) is 2. The highest BCUT2D eigenvalue weighted by atomic mass is 35.5. The van der Waals surface area contributed by atoms with Crippen LogP contribution in [0, 0.1) is 23.7 Å². The third-order valence-corrected chi connectivity index (χ3v) is 15.5. The van der Waals surface area contributed by atoms with E-state index in [1.165, 1.54) is 90.1 Å². The highest BCUT2D eigenvalue weighted by Gasteiger charge is 2.64. The summed E-state index contributed by atoms with van der Waals surface area (Å²) in [6, 6.07) is 3.72. The Morgan fingerprint density at radius 1 is 0.548 bits per heavy atom. The van der Waals surface area contributed by atoms with Crippen LogP contribution in [0.15, 0.2) is 0 Å². The smallest absolute Gasteiger partial charge is 0.0927 e. The minimum absolute atomic E-state index is 0.0509. The van der Waals surface area contributed by atoms with E-state index >= 15 is 0 Å². The lowest BCUT2D eigenvalue weighted by Gasteiger charge is -2.60. The summed E-state index contributed by atoms with van der Waals surface area (Å²) in [7, 11) is 0. The molecule has 0 aromatic rings. The molecule has 0 amide bonds. The van der Waals surface area contributed by atoms with Gasteiger partial charge in [0.2, 0.25) is 0 Å². The number of rotatable bonds is 2. The lowest BCUT2D eigenvalue weighted by atomic mass is 9.68. The van der Waals surface area contributed by atoms with Gasteiger partial charge >= 0.3 is 0 Å². The summed E-state index contributed by atoms with van der Waals surface area (Å²) in [4.78, 5) is 5.73. The maximum absolute atomic E-state index is 7.51. The Bertz CT molecular complexity index is 932. The number of hydrogen-bond donors (Lipinski definition) is 2. The summed E-state index contributed by atoms with van der Waals surface area (Å²) in [5, 5.41) is 7.97. The molecule has 9 fully saturated rings. The number of halogens is 2. The number of morpholine rings is 2. The molecular formula is C34H54Cl2N4O2. The molecule has 18 atom stereocenters. The second kappa shape index (κ2) is 11.0. The molecule has 9 aliphatic rings. The fraction of sp³-hybridized carbons (Fsp3) is 1.00. The summed E-state index contributed by atoms with van der Waals surface area (Å²) in [5.74, 6) is 2.80. The van der Waals surface area contributed by atoms with Gasteiger partial charge in [-0.15, -0.1) is 23.2 Å². The predicted octanol–water partition coefficient (Wildman–Crippen LogP) is 4.75. The van der Waals surface area contributed by atoms with Crippen molar-refractivity contribution in [2.45, 2.75) is 174 Å². The quantitative estimate of drug-likeness (QED) is 0.435. The lowest BCUT2D eigenvalue weighted by Crippen LogP contribution is -2.79. The Hall–Kier alpha value is 0.340. The zero-order valence-electron chi connectivity index (χ0n) is 25.8. The zero-order valence-corrected chi connectivity index (χ0v) is 27.3. The fourth-order valence-electron chi connectivity index (χ4n) is 13.1. The standard InChI is InChI=1S/C34H54Cl2N4O2/c1-3-39-21-11-7-5-9-17(21)25-23(39)15-13-19-31(25)41-33-27(35)30-34(28(36)29(33)37-19)42-32-20(38-30)14-16-24-26(32)18-10-6-8-12-22(18)40(24)4-2/h17-34,37-38H,3-16H2,1-2H3. The molecule has 0 radical (unpaired) electrons. The van der Waals surface area contributed by atoms with Gasteiger partial charge in [0.05, 0.1) is 47.3 Å². The van der Waals surface area contributed by atoms with Crippen molar-refractivity contribution in [3.63, 3.8) is 0 Å². The second-order valence-electron chi connectivity index (χ2n) is 15.8. The van der Waals surface area contributed by atoms with E-state index in [1.807, 2.05) is 0 Å². The minimum atomic E-state index is -0.133.